The molecule has 1 fully saturated rings. The van der Waals surface area contributed by atoms with Gasteiger partial charge in [-0.25, -0.2) is 4.98 Å². The minimum absolute atomic E-state index is 0.00641. The first kappa shape index (κ1) is 16.1. The number of carbonyl (C=O) groups is 1. The first-order valence-corrected chi connectivity index (χ1v) is 8.95. The van der Waals surface area contributed by atoms with Crippen LogP contribution in [0.15, 0.2) is 29.6 Å². The molecule has 3 rings (SSSR count). The van der Waals surface area contributed by atoms with Gasteiger partial charge in [-0.1, -0.05) is 38.1 Å². The smallest absolute Gasteiger partial charge is 0.249 e. The van der Waals surface area contributed by atoms with Gasteiger partial charge in [-0.2, -0.15) is 0 Å². The Hall–Kier alpha value is -1.72. The maximum absolute atomic E-state index is 11.9. The van der Waals surface area contributed by atoms with Crippen LogP contribution in [0.25, 0.3) is 10.6 Å². The average molecular weight is 330 g/mol. The van der Waals surface area contributed by atoms with Crippen LogP contribution >= 0.6 is 11.3 Å². The quantitative estimate of drug-likeness (QED) is 0.909. The third kappa shape index (κ3) is 3.98. The molecule has 1 aromatic carbocycles. The van der Waals surface area contributed by atoms with Crippen LogP contribution in [0.4, 0.5) is 0 Å². The van der Waals surface area contributed by atoms with E-state index in [1.165, 1.54) is 0 Å². The summed E-state index contributed by atoms with van der Waals surface area (Å²) in [5.74, 6) is 0.445. The Balaban J connectivity index is 1.59. The normalized spacial score (nSPS) is 17.6. The van der Waals surface area contributed by atoms with Crippen LogP contribution in [0, 0.1) is 0 Å². The van der Waals surface area contributed by atoms with Gasteiger partial charge in [-0.05, 0) is 24.3 Å². The van der Waals surface area contributed by atoms with Crippen molar-refractivity contribution in [3.63, 3.8) is 0 Å². The van der Waals surface area contributed by atoms with Crippen molar-refractivity contribution < 1.29 is 9.53 Å². The number of nitrogens with zero attached hydrogens (tertiary/aromatic N) is 1. The van der Waals surface area contributed by atoms with E-state index in [-0.39, 0.29) is 12.0 Å². The van der Waals surface area contributed by atoms with Crippen LogP contribution in [-0.4, -0.2) is 23.6 Å². The standard InChI is InChI=1S/C18H22N2O2S/c1-12(2)15-11-23-18(20-15)14-7-5-13(6-8-14)10-19-17(21)16-4-3-9-22-16/h5-8,11-12,16H,3-4,9-10H2,1-2H3,(H,19,21)/t16-/m0/s1. The van der Waals surface area contributed by atoms with Crippen molar-refractivity contribution >= 4 is 17.2 Å². The minimum atomic E-state index is -0.265. The molecule has 0 spiro atoms. The van der Waals surface area contributed by atoms with Crippen LogP contribution in [0.3, 0.4) is 0 Å². The summed E-state index contributed by atoms with van der Waals surface area (Å²) in [6, 6.07) is 8.22. The number of amides is 1. The minimum Gasteiger partial charge on any atom is -0.368 e. The molecule has 23 heavy (non-hydrogen) atoms. The second kappa shape index (κ2) is 7.23. The number of carbonyl (C=O) groups excluding carboxylic acids is 1. The molecule has 1 N–H and O–H groups in total. The van der Waals surface area contributed by atoms with Gasteiger partial charge in [0.1, 0.15) is 11.1 Å². The van der Waals surface area contributed by atoms with E-state index in [2.05, 4.69) is 41.7 Å². The number of thiazole rings is 1. The Morgan fingerprint density at radius 2 is 2.17 bits per heavy atom. The highest BCUT2D eigenvalue weighted by Crippen LogP contribution is 2.27. The summed E-state index contributed by atoms with van der Waals surface area (Å²) in [4.78, 5) is 16.6. The van der Waals surface area contributed by atoms with Crippen LogP contribution in [-0.2, 0) is 16.1 Å². The van der Waals surface area contributed by atoms with Gasteiger partial charge in [-0.3, -0.25) is 4.79 Å². The van der Waals surface area contributed by atoms with E-state index in [1.807, 2.05) is 12.1 Å². The van der Waals surface area contributed by atoms with E-state index in [4.69, 9.17) is 4.74 Å². The SMILES string of the molecule is CC(C)c1csc(-c2ccc(CNC(=O)[C@@H]3CCCO3)cc2)n1. The molecule has 4 nitrogen and oxygen atoms in total. The fraction of sp³-hybridized carbons (Fsp3) is 0.444. The highest BCUT2D eigenvalue weighted by Gasteiger charge is 2.22. The van der Waals surface area contributed by atoms with Gasteiger partial charge in [-0.15, -0.1) is 11.3 Å². The van der Waals surface area contributed by atoms with E-state index in [0.717, 1.165) is 34.7 Å². The van der Waals surface area contributed by atoms with Crippen LogP contribution in [0.2, 0.25) is 0 Å². The lowest BCUT2D eigenvalue weighted by Gasteiger charge is -2.10. The molecule has 5 heteroatoms. The maximum Gasteiger partial charge on any atom is 0.249 e. The molecule has 1 saturated heterocycles. The fourth-order valence-corrected chi connectivity index (χ4v) is 3.52. The highest BCUT2D eigenvalue weighted by molar-refractivity contribution is 7.13. The summed E-state index contributed by atoms with van der Waals surface area (Å²) in [6.07, 6.45) is 1.53. The molecular weight excluding hydrogens is 308 g/mol. The monoisotopic (exact) mass is 330 g/mol. The van der Waals surface area contributed by atoms with Crippen molar-refractivity contribution in [2.75, 3.05) is 6.61 Å². The third-order valence-electron chi connectivity index (χ3n) is 4.00. The molecule has 2 heterocycles. The van der Waals surface area contributed by atoms with Gasteiger partial charge in [0.15, 0.2) is 0 Å². The molecule has 0 bridgehead atoms. The number of rotatable bonds is 5. The molecule has 0 unspecified atom stereocenters. The Bertz CT molecular complexity index is 658. The second-order valence-electron chi connectivity index (χ2n) is 6.15. The second-order valence-corrected chi connectivity index (χ2v) is 7.01. The first-order chi connectivity index (χ1) is 11.1. The third-order valence-corrected chi connectivity index (χ3v) is 4.91. The molecule has 1 aliphatic rings. The highest BCUT2D eigenvalue weighted by atomic mass is 32.1. The number of benzene rings is 1. The number of nitrogens with one attached hydrogen (secondary N) is 1. The van der Waals surface area contributed by atoms with Crippen LogP contribution in [0.1, 0.15) is 43.9 Å². The molecule has 0 radical (unpaired) electrons. The Kier molecular flexibility index (Phi) is 5.08. The van der Waals surface area contributed by atoms with Crippen molar-refractivity contribution in [3.05, 3.63) is 40.9 Å². The zero-order chi connectivity index (χ0) is 16.2. The van der Waals surface area contributed by atoms with Gasteiger partial charge < -0.3 is 10.1 Å². The van der Waals surface area contributed by atoms with Crippen molar-refractivity contribution in [2.24, 2.45) is 0 Å². The lowest BCUT2D eigenvalue weighted by Crippen LogP contribution is -2.33. The molecule has 2 aromatic rings. The van der Waals surface area contributed by atoms with E-state index in [9.17, 15) is 4.79 Å². The van der Waals surface area contributed by atoms with Gasteiger partial charge in [0.2, 0.25) is 5.91 Å². The van der Waals surface area contributed by atoms with Gasteiger partial charge in [0.05, 0.1) is 5.69 Å². The molecular formula is C18H22N2O2S. The van der Waals surface area contributed by atoms with Crippen molar-refractivity contribution in [2.45, 2.75) is 45.3 Å². The van der Waals surface area contributed by atoms with Crippen LogP contribution in [0.5, 0.6) is 0 Å². The molecule has 0 saturated carbocycles. The predicted octanol–water partition coefficient (Wildman–Crippen LogP) is 3.73. The predicted molar refractivity (Wildman–Crippen MR) is 92.5 cm³/mol. The summed E-state index contributed by atoms with van der Waals surface area (Å²) < 4.78 is 5.38. The largest absolute Gasteiger partial charge is 0.368 e. The van der Waals surface area contributed by atoms with Gasteiger partial charge in [0.25, 0.3) is 0 Å². The van der Waals surface area contributed by atoms with Crippen molar-refractivity contribution in [3.8, 4) is 10.6 Å². The summed E-state index contributed by atoms with van der Waals surface area (Å²) in [6.45, 7) is 5.53. The zero-order valence-corrected chi connectivity index (χ0v) is 14.4. The Morgan fingerprint density at radius 3 is 2.78 bits per heavy atom. The van der Waals surface area contributed by atoms with Gasteiger partial charge >= 0.3 is 0 Å². The summed E-state index contributed by atoms with van der Waals surface area (Å²) in [5, 5.41) is 6.11. The van der Waals surface area contributed by atoms with Crippen LogP contribution < -0.4 is 5.32 Å². The molecule has 1 amide bonds. The van der Waals surface area contributed by atoms with E-state index in [1.54, 1.807) is 11.3 Å². The molecule has 1 aromatic heterocycles. The zero-order valence-electron chi connectivity index (χ0n) is 13.5. The Morgan fingerprint density at radius 1 is 1.39 bits per heavy atom. The van der Waals surface area contributed by atoms with E-state index in [0.29, 0.717) is 19.1 Å². The fourth-order valence-electron chi connectivity index (χ4n) is 2.54. The number of ether oxygens (including phenoxy) is 1. The van der Waals surface area contributed by atoms with Gasteiger partial charge in [0, 0.05) is 24.1 Å². The number of hydrogen-bond donors (Lipinski definition) is 1. The number of aromatic nitrogens is 1. The first-order valence-electron chi connectivity index (χ1n) is 8.07. The molecule has 0 aliphatic carbocycles. The summed E-state index contributed by atoms with van der Waals surface area (Å²) in [7, 11) is 0. The summed E-state index contributed by atoms with van der Waals surface area (Å²) >= 11 is 1.67. The van der Waals surface area contributed by atoms with E-state index < -0.39 is 0 Å². The van der Waals surface area contributed by atoms with Crippen molar-refractivity contribution in [1.29, 1.82) is 0 Å². The summed E-state index contributed by atoms with van der Waals surface area (Å²) in [5.41, 5.74) is 3.34. The topological polar surface area (TPSA) is 51.2 Å². The molecule has 122 valence electrons. The average Bonchev–Trinajstić information content (AvgIpc) is 3.24. The van der Waals surface area contributed by atoms with E-state index >= 15 is 0 Å². The molecule has 1 atom stereocenters. The molecule has 1 aliphatic heterocycles. The number of hydrogen-bond acceptors (Lipinski definition) is 4. The Labute approximate surface area is 140 Å². The lowest BCUT2D eigenvalue weighted by atomic mass is 10.1. The lowest BCUT2D eigenvalue weighted by molar-refractivity contribution is -0.130. The van der Waals surface area contributed by atoms with Crippen molar-refractivity contribution in [1.82, 2.24) is 10.3 Å². The maximum atomic E-state index is 11.9.